The number of hydrogen-bond donors (Lipinski definition) is 1. The number of para-hydroxylation sites is 1. The van der Waals surface area contributed by atoms with Crippen molar-refractivity contribution in [2.45, 2.75) is 37.5 Å². The maximum atomic E-state index is 13.5. The summed E-state index contributed by atoms with van der Waals surface area (Å²) in [7, 11) is -3.56. The maximum Gasteiger partial charge on any atom is 0.243 e. The first-order chi connectivity index (χ1) is 16.5. The SMILES string of the molecule is Cc1ccc(Nc2nc(-c3ccccc3)nc3ccccc23)cc1S(=O)(=O)N1CCCCCC1. The van der Waals surface area contributed by atoms with Gasteiger partial charge in [-0.15, -0.1) is 0 Å². The van der Waals surface area contributed by atoms with Crippen LogP contribution in [-0.4, -0.2) is 35.8 Å². The molecule has 1 aliphatic heterocycles. The van der Waals surface area contributed by atoms with Gasteiger partial charge in [-0.05, 0) is 49.6 Å². The van der Waals surface area contributed by atoms with Crippen LogP contribution in [-0.2, 0) is 10.0 Å². The van der Waals surface area contributed by atoms with Crippen molar-refractivity contribution < 1.29 is 8.42 Å². The Morgan fingerprint density at radius 1 is 0.824 bits per heavy atom. The third kappa shape index (κ3) is 4.54. The number of nitrogens with one attached hydrogen (secondary N) is 1. The standard InChI is InChI=1S/C27H28N4O2S/c1-20-15-16-22(19-25(20)34(32,33)31-17-9-2-3-10-18-31)28-27-23-13-7-8-14-24(23)29-26(30-27)21-11-5-4-6-12-21/h4-8,11-16,19H,2-3,9-10,17-18H2,1H3,(H,28,29,30). The van der Waals surface area contributed by atoms with Crippen molar-refractivity contribution in [3.63, 3.8) is 0 Å². The highest BCUT2D eigenvalue weighted by Gasteiger charge is 2.27. The van der Waals surface area contributed by atoms with Crippen LogP contribution in [0.4, 0.5) is 11.5 Å². The summed E-state index contributed by atoms with van der Waals surface area (Å²) in [4.78, 5) is 9.88. The maximum absolute atomic E-state index is 13.5. The van der Waals surface area contributed by atoms with Gasteiger partial charge < -0.3 is 5.32 Å². The minimum Gasteiger partial charge on any atom is -0.340 e. The van der Waals surface area contributed by atoms with E-state index in [0.717, 1.165) is 47.7 Å². The molecule has 5 rings (SSSR count). The van der Waals surface area contributed by atoms with E-state index in [0.29, 0.717) is 35.3 Å². The molecule has 0 radical (unpaired) electrons. The fraction of sp³-hybridized carbons (Fsp3) is 0.259. The first kappa shape index (κ1) is 22.5. The largest absolute Gasteiger partial charge is 0.340 e. The molecular formula is C27H28N4O2S. The summed E-state index contributed by atoms with van der Waals surface area (Å²) in [5.74, 6) is 1.26. The average Bonchev–Trinajstić information content (AvgIpc) is 3.16. The number of benzene rings is 3. The van der Waals surface area contributed by atoms with Crippen LogP contribution in [0, 0.1) is 6.92 Å². The van der Waals surface area contributed by atoms with Crippen molar-refractivity contribution in [2.75, 3.05) is 18.4 Å². The van der Waals surface area contributed by atoms with Gasteiger partial charge in [0.05, 0.1) is 10.4 Å². The van der Waals surface area contributed by atoms with Crippen LogP contribution in [0.5, 0.6) is 0 Å². The Morgan fingerprint density at radius 2 is 1.53 bits per heavy atom. The van der Waals surface area contributed by atoms with Gasteiger partial charge in [0.15, 0.2) is 5.82 Å². The first-order valence-electron chi connectivity index (χ1n) is 11.7. The molecule has 6 nitrogen and oxygen atoms in total. The number of aromatic nitrogens is 2. The molecule has 174 valence electrons. The Bertz CT molecular complexity index is 1410. The zero-order valence-corrected chi connectivity index (χ0v) is 20.1. The topological polar surface area (TPSA) is 75.2 Å². The van der Waals surface area contributed by atoms with Gasteiger partial charge in [-0.1, -0.05) is 61.4 Å². The monoisotopic (exact) mass is 472 g/mol. The summed E-state index contributed by atoms with van der Waals surface area (Å²) >= 11 is 0. The molecule has 1 N–H and O–H groups in total. The lowest BCUT2D eigenvalue weighted by atomic mass is 10.1. The zero-order valence-electron chi connectivity index (χ0n) is 19.2. The second kappa shape index (κ2) is 9.52. The molecule has 1 saturated heterocycles. The molecule has 0 atom stereocenters. The van der Waals surface area contributed by atoms with E-state index in [4.69, 9.17) is 9.97 Å². The van der Waals surface area contributed by atoms with E-state index in [9.17, 15) is 8.42 Å². The van der Waals surface area contributed by atoms with Crippen molar-refractivity contribution >= 4 is 32.4 Å². The smallest absolute Gasteiger partial charge is 0.243 e. The Hall–Kier alpha value is -3.29. The molecule has 1 aromatic heterocycles. The van der Waals surface area contributed by atoms with Gasteiger partial charge in [0.2, 0.25) is 10.0 Å². The molecule has 2 heterocycles. The molecule has 0 saturated carbocycles. The highest BCUT2D eigenvalue weighted by molar-refractivity contribution is 7.89. The van der Waals surface area contributed by atoms with Gasteiger partial charge in [0.1, 0.15) is 5.82 Å². The summed E-state index contributed by atoms with van der Waals surface area (Å²) < 4.78 is 28.6. The number of nitrogens with zero attached hydrogens (tertiary/aromatic N) is 3. The minimum absolute atomic E-state index is 0.348. The van der Waals surface area contributed by atoms with E-state index in [2.05, 4.69) is 5.32 Å². The fourth-order valence-electron chi connectivity index (χ4n) is 4.40. The van der Waals surface area contributed by atoms with Gasteiger partial charge >= 0.3 is 0 Å². The number of aryl methyl sites for hydroxylation is 1. The summed E-state index contributed by atoms with van der Waals surface area (Å²) in [6.45, 7) is 3.01. The Labute approximate surface area is 200 Å². The molecule has 4 aromatic rings. The fourth-order valence-corrected chi connectivity index (χ4v) is 6.17. The first-order valence-corrected chi connectivity index (χ1v) is 13.2. The summed E-state index contributed by atoms with van der Waals surface area (Å²) in [6, 6.07) is 23.1. The molecule has 1 aliphatic rings. The molecule has 1 fully saturated rings. The molecule has 0 amide bonds. The normalized spacial score (nSPS) is 15.2. The Balaban J connectivity index is 1.55. The lowest BCUT2D eigenvalue weighted by molar-refractivity contribution is 0.423. The van der Waals surface area contributed by atoms with Crippen LogP contribution in [0.1, 0.15) is 31.2 Å². The number of hydrogen-bond acceptors (Lipinski definition) is 5. The van der Waals surface area contributed by atoms with E-state index in [1.54, 1.807) is 10.4 Å². The number of fused-ring (bicyclic) bond motifs is 1. The quantitative estimate of drug-likeness (QED) is 0.391. The molecule has 0 spiro atoms. The second-order valence-corrected chi connectivity index (χ2v) is 10.6. The van der Waals surface area contributed by atoms with Gasteiger partial charge in [-0.3, -0.25) is 0 Å². The lowest BCUT2D eigenvalue weighted by Crippen LogP contribution is -2.32. The number of sulfonamides is 1. The van der Waals surface area contributed by atoms with Crippen molar-refractivity contribution in [3.05, 3.63) is 78.4 Å². The van der Waals surface area contributed by atoms with E-state index < -0.39 is 10.0 Å². The predicted octanol–water partition coefficient (Wildman–Crippen LogP) is 5.91. The van der Waals surface area contributed by atoms with Gasteiger partial charge in [0, 0.05) is 29.7 Å². The highest BCUT2D eigenvalue weighted by Crippen LogP contribution is 2.30. The molecule has 0 aliphatic carbocycles. The van der Waals surface area contributed by atoms with Crippen LogP contribution in [0.15, 0.2) is 77.7 Å². The zero-order chi connectivity index (χ0) is 23.5. The summed E-state index contributed by atoms with van der Waals surface area (Å²) in [5.41, 5.74) is 3.17. The molecular weight excluding hydrogens is 444 g/mol. The predicted molar refractivity (Wildman–Crippen MR) is 137 cm³/mol. The minimum atomic E-state index is -3.56. The number of rotatable bonds is 5. The number of anilines is 2. The Morgan fingerprint density at radius 3 is 2.29 bits per heavy atom. The van der Waals surface area contributed by atoms with Crippen LogP contribution in [0.2, 0.25) is 0 Å². The van der Waals surface area contributed by atoms with Crippen molar-refractivity contribution in [3.8, 4) is 11.4 Å². The van der Waals surface area contributed by atoms with E-state index >= 15 is 0 Å². The Kier molecular flexibility index (Phi) is 6.30. The molecule has 0 bridgehead atoms. The third-order valence-corrected chi connectivity index (χ3v) is 8.31. The van der Waals surface area contributed by atoms with Crippen molar-refractivity contribution in [1.29, 1.82) is 0 Å². The highest BCUT2D eigenvalue weighted by atomic mass is 32.2. The average molecular weight is 473 g/mol. The third-order valence-electron chi connectivity index (χ3n) is 6.27. The van der Waals surface area contributed by atoms with Gasteiger partial charge in [-0.25, -0.2) is 18.4 Å². The molecule has 7 heteroatoms. The van der Waals surface area contributed by atoms with Crippen LogP contribution in [0.3, 0.4) is 0 Å². The molecule has 3 aromatic carbocycles. The van der Waals surface area contributed by atoms with Crippen molar-refractivity contribution in [2.24, 2.45) is 0 Å². The molecule has 34 heavy (non-hydrogen) atoms. The van der Waals surface area contributed by atoms with Gasteiger partial charge in [0.25, 0.3) is 0 Å². The van der Waals surface area contributed by atoms with Crippen LogP contribution in [0.25, 0.3) is 22.3 Å². The lowest BCUT2D eigenvalue weighted by Gasteiger charge is -2.21. The molecule has 0 unspecified atom stereocenters. The van der Waals surface area contributed by atoms with Gasteiger partial charge in [-0.2, -0.15) is 4.31 Å². The summed E-state index contributed by atoms with van der Waals surface area (Å²) in [5, 5.41) is 4.25. The second-order valence-electron chi connectivity index (χ2n) is 8.70. The van der Waals surface area contributed by atoms with E-state index in [1.165, 1.54) is 0 Å². The van der Waals surface area contributed by atoms with Crippen LogP contribution < -0.4 is 5.32 Å². The van der Waals surface area contributed by atoms with Crippen molar-refractivity contribution in [1.82, 2.24) is 14.3 Å². The van der Waals surface area contributed by atoms with Crippen LogP contribution >= 0.6 is 0 Å². The van der Waals surface area contributed by atoms with E-state index in [-0.39, 0.29) is 0 Å². The van der Waals surface area contributed by atoms with E-state index in [1.807, 2.05) is 73.7 Å². The summed E-state index contributed by atoms with van der Waals surface area (Å²) in [6.07, 6.45) is 3.98.